The van der Waals surface area contributed by atoms with Gasteiger partial charge in [0, 0.05) is 13.2 Å². The molecule has 0 spiro atoms. The Hall–Kier alpha value is -1.55. The molecule has 21 heavy (non-hydrogen) atoms. The molecule has 1 aromatic rings. The van der Waals surface area contributed by atoms with Crippen LogP contribution >= 0.6 is 0 Å². The number of amides is 1. The van der Waals surface area contributed by atoms with Gasteiger partial charge in [-0.1, -0.05) is 25.5 Å². The number of carbonyl (C=O) groups is 1. The number of aliphatic hydroxyl groups excluding tert-OH is 1. The first kappa shape index (κ1) is 17.5. The Morgan fingerprint density at radius 2 is 2.14 bits per heavy atom. The minimum Gasteiger partial charge on any atom is -0.493 e. The molecule has 4 nitrogen and oxygen atoms in total. The molecule has 1 amide bonds. The van der Waals surface area contributed by atoms with Crippen molar-refractivity contribution in [2.24, 2.45) is 5.92 Å². The molecule has 0 fully saturated rings. The zero-order valence-corrected chi connectivity index (χ0v) is 13.3. The molecule has 1 rings (SSSR count). The lowest BCUT2D eigenvalue weighted by Crippen LogP contribution is -2.30. The molecule has 1 unspecified atom stereocenters. The first-order chi connectivity index (χ1) is 10.1. The van der Waals surface area contributed by atoms with Crippen molar-refractivity contribution in [1.29, 1.82) is 0 Å². The SMILES string of the molecule is CCC(CCO)CNC(=O)CCOc1cc(C)ccc1C. The zero-order valence-electron chi connectivity index (χ0n) is 13.3. The highest BCUT2D eigenvalue weighted by atomic mass is 16.5. The molecule has 0 aromatic heterocycles. The van der Waals surface area contributed by atoms with E-state index in [9.17, 15) is 4.79 Å². The monoisotopic (exact) mass is 293 g/mol. The van der Waals surface area contributed by atoms with E-state index in [-0.39, 0.29) is 12.5 Å². The van der Waals surface area contributed by atoms with Gasteiger partial charge in [0.05, 0.1) is 13.0 Å². The Balaban J connectivity index is 2.28. The summed E-state index contributed by atoms with van der Waals surface area (Å²) in [6.45, 7) is 7.26. The van der Waals surface area contributed by atoms with Crippen LogP contribution in [0.1, 0.15) is 37.3 Å². The Morgan fingerprint density at radius 1 is 1.38 bits per heavy atom. The van der Waals surface area contributed by atoms with Crippen LogP contribution in [0.5, 0.6) is 5.75 Å². The fraction of sp³-hybridized carbons (Fsp3) is 0.588. The highest BCUT2D eigenvalue weighted by Gasteiger charge is 2.08. The van der Waals surface area contributed by atoms with E-state index in [1.54, 1.807) is 0 Å². The van der Waals surface area contributed by atoms with Gasteiger partial charge in [-0.15, -0.1) is 0 Å². The van der Waals surface area contributed by atoms with E-state index >= 15 is 0 Å². The molecule has 0 saturated carbocycles. The number of carbonyl (C=O) groups excluding carboxylic acids is 1. The highest BCUT2D eigenvalue weighted by molar-refractivity contribution is 5.75. The minimum absolute atomic E-state index is 0.00306. The summed E-state index contributed by atoms with van der Waals surface area (Å²) in [5, 5.41) is 11.8. The molecule has 0 saturated heterocycles. The topological polar surface area (TPSA) is 58.6 Å². The van der Waals surface area contributed by atoms with Crippen LogP contribution in [0.2, 0.25) is 0 Å². The van der Waals surface area contributed by atoms with Crippen LogP contribution in [0, 0.1) is 19.8 Å². The predicted molar refractivity (Wildman–Crippen MR) is 84.5 cm³/mol. The van der Waals surface area contributed by atoms with Gasteiger partial charge in [-0.2, -0.15) is 0 Å². The maximum absolute atomic E-state index is 11.8. The molecule has 0 aliphatic rings. The van der Waals surface area contributed by atoms with Crippen LogP contribution < -0.4 is 10.1 Å². The largest absolute Gasteiger partial charge is 0.493 e. The van der Waals surface area contributed by atoms with Gasteiger partial charge >= 0.3 is 0 Å². The number of rotatable bonds is 9. The van der Waals surface area contributed by atoms with Gasteiger partial charge in [-0.25, -0.2) is 0 Å². The van der Waals surface area contributed by atoms with Crippen molar-refractivity contribution in [3.8, 4) is 5.75 Å². The average Bonchev–Trinajstić information content (AvgIpc) is 2.47. The predicted octanol–water partition coefficient (Wildman–Crippen LogP) is 2.60. The normalized spacial score (nSPS) is 12.0. The third-order valence-corrected chi connectivity index (χ3v) is 3.63. The molecule has 4 heteroatoms. The lowest BCUT2D eigenvalue weighted by atomic mass is 10.0. The summed E-state index contributed by atoms with van der Waals surface area (Å²) in [4.78, 5) is 11.8. The number of benzene rings is 1. The number of ether oxygens (including phenoxy) is 1. The molecule has 1 aromatic carbocycles. The average molecular weight is 293 g/mol. The third kappa shape index (κ3) is 6.63. The summed E-state index contributed by atoms with van der Waals surface area (Å²) in [6.07, 6.45) is 2.04. The minimum atomic E-state index is -0.00306. The molecule has 118 valence electrons. The fourth-order valence-corrected chi connectivity index (χ4v) is 2.10. The van der Waals surface area contributed by atoms with Crippen LogP contribution in [0.3, 0.4) is 0 Å². The number of nitrogens with one attached hydrogen (secondary N) is 1. The van der Waals surface area contributed by atoms with E-state index in [0.717, 1.165) is 29.7 Å². The number of aliphatic hydroxyl groups is 1. The zero-order chi connectivity index (χ0) is 15.7. The van der Waals surface area contributed by atoms with Gasteiger partial charge in [0.15, 0.2) is 0 Å². The Kier molecular flexibility index (Phi) is 7.83. The van der Waals surface area contributed by atoms with Gasteiger partial charge < -0.3 is 15.2 Å². The maximum atomic E-state index is 11.8. The van der Waals surface area contributed by atoms with Gasteiger partial charge in [0.25, 0.3) is 0 Å². The van der Waals surface area contributed by atoms with Crippen molar-refractivity contribution in [2.75, 3.05) is 19.8 Å². The second-order valence-electron chi connectivity index (χ2n) is 5.46. The van der Waals surface area contributed by atoms with E-state index in [0.29, 0.717) is 25.5 Å². The number of hydrogen-bond donors (Lipinski definition) is 2. The Bertz CT molecular complexity index is 446. The Labute approximate surface area is 127 Å². The second kappa shape index (κ2) is 9.40. The summed E-state index contributed by atoms with van der Waals surface area (Å²) < 4.78 is 5.67. The van der Waals surface area contributed by atoms with Crippen molar-refractivity contribution in [1.82, 2.24) is 5.32 Å². The van der Waals surface area contributed by atoms with Crippen molar-refractivity contribution >= 4 is 5.91 Å². The van der Waals surface area contributed by atoms with Crippen LogP contribution in [0.4, 0.5) is 0 Å². The Morgan fingerprint density at radius 3 is 2.81 bits per heavy atom. The van der Waals surface area contributed by atoms with E-state index in [4.69, 9.17) is 9.84 Å². The molecule has 0 radical (unpaired) electrons. The molecular formula is C17H27NO3. The summed E-state index contributed by atoms with van der Waals surface area (Å²) in [6, 6.07) is 6.05. The quantitative estimate of drug-likeness (QED) is 0.736. The smallest absolute Gasteiger partial charge is 0.223 e. The molecule has 2 N–H and O–H groups in total. The van der Waals surface area contributed by atoms with Gasteiger partial charge in [0.2, 0.25) is 5.91 Å². The highest BCUT2D eigenvalue weighted by Crippen LogP contribution is 2.19. The van der Waals surface area contributed by atoms with Crippen LogP contribution in [0.25, 0.3) is 0 Å². The number of hydrogen-bond acceptors (Lipinski definition) is 3. The molecule has 1 atom stereocenters. The van der Waals surface area contributed by atoms with E-state index < -0.39 is 0 Å². The first-order valence-electron chi connectivity index (χ1n) is 7.64. The molecular weight excluding hydrogens is 266 g/mol. The lowest BCUT2D eigenvalue weighted by molar-refractivity contribution is -0.121. The maximum Gasteiger partial charge on any atom is 0.223 e. The van der Waals surface area contributed by atoms with E-state index in [1.807, 2.05) is 32.0 Å². The summed E-state index contributed by atoms with van der Waals surface area (Å²) in [5.41, 5.74) is 2.23. The second-order valence-corrected chi connectivity index (χ2v) is 5.46. The first-order valence-corrected chi connectivity index (χ1v) is 7.64. The van der Waals surface area contributed by atoms with Crippen LogP contribution in [-0.4, -0.2) is 30.8 Å². The fourth-order valence-electron chi connectivity index (χ4n) is 2.10. The summed E-state index contributed by atoms with van der Waals surface area (Å²) >= 11 is 0. The van der Waals surface area contributed by atoms with Crippen LogP contribution in [-0.2, 0) is 4.79 Å². The third-order valence-electron chi connectivity index (χ3n) is 3.63. The summed E-state index contributed by atoms with van der Waals surface area (Å²) in [5.74, 6) is 1.19. The van der Waals surface area contributed by atoms with E-state index in [2.05, 4.69) is 12.2 Å². The summed E-state index contributed by atoms with van der Waals surface area (Å²) in [7, 11) is 0. The van der Waals surface area contributed by atoms with Gasteiger partial charge in [-0.3, -0.25) is 4.79 Å². The van der Waals surface area contributed by atoms with E-state index in [1.165, 1.54) is 0 Å². The van der Waals surface area contributed by atoms with Crippen molar-refractivity contribution in [2.45, 2.75) is 40.0 Å². The molecule has 0 bridgehead atoms. The van der Waals surface area contributed by atoms with Crippen molar-refractivity contribution in [3.05, 3.63) is 29.3 Å². The molecule has 0 aliphatic heterocycles. The molecule has 0 aliphatic carbocycles. The van der Waals surface area contributed by atoms with Crippen molar-refractivity contribution in [3.63, 3.8) is 0 Å². The standard InChI is InChI=1S/C17H27NO3/c1-4-15(7-9-19)12-18-17(20)8-10-21-16-11-13(2)5-6-14(16)3/h5-6,11,15,19H,4,7-10,12H2,1-3H3,(H,18,20). The molecule has 0 heterocycles. The van der Waals surface area contributed by atoms with Gasteiger partial charge in [0.1, 0.15) is 5.75 Å². The van der Waals surface area contributed by atoms with Crippen molar-refractivity contribution < 1.29 is 14.6 Å². The number of aryl methyl sites for hydroxylation is 2. The van der Waals surface area contributed by atoms with Gasteiger partial charge in [-0.05, 0) is 43.4 Å². The van der Waals surface area contributed by atoms with Crippen LogP contribution in [0.15, 0.2) is 18.2 Å². The lowest BCUT2D eigenvalue weighted by Gasteiger charge is -2.14.